The average molecular weight is 351 g/mol. The fourth-order valence-corrected chi connectivity index (χ4v) is 3.05. The lowest BCUT2D eigenvalue weighted by Crippen LogP contribution is -1.73. The van der Waals surface area contributed by atoms with E-state index < -0.39 is 0 Å². The van der Waals surface area contributed by atoms with Crippen LogP contribution in [0.15, 0.2) is 64.5 Å². The van der Waals surface area contributed by atoms with Gasteiger partial charge in [-0.15, -0.1) is 0 Å². The number of aromatic nitrogens is 1. The molecule has 0 aliphatic rings. The Bertz CT molecular complexity index is 643. The molecule has 3 rings (SSSR count). The first kappa shape index (κ1) is 11.2. The van der Waals surface area contributed by atoms with Crippen LogP contribution in [-0.2, 0) is 0 Å². The minimum absolute atomic E-state index is 1.19. The predicted molar refractivity (Wildman–Crippen MR) is 81.6 cm³/mol. The second-order valence-corrected chi connectivity index (χ2v) is 6.12. The summed E-state index contributed by atoms with van der Waals surface area (Å²) in [4.78, 5) is 5.85. The largest absolute Gasteiger partial charge is 0.360 e. The predicted octanol–water partition coefficient (Wildman–Crippen LogP) is 4.92. The Hall–Kier alpha value is -0.940. The molecule has 17 heavy (non-hydrogen) atoms. The SMILES string of the molecule is Ic1ccc(Sc2c[nH]c3ccccc23)cc1. The quantitative estimate of drug-likeness (QED) is 0.648. The molecular formula is C14H10INS. The van der Waals surface area contributed by atoms with Crippen LogP contribution < -0.4 is 0 Å². The molecule has 3 aromatic rings. The van der Waals surface area contributed by atoms with E-state index in [-0.39, 0.29) is 0 Å². The van der Waals surface area contributed by atoms with Crippen LogP contribution in [0.3, 0.4) is 0 Å². The van der Waals surface area contributed by atoms with Crippen LogP contribution in [0.1, 0.15) is 0 Å². The number of hydrogen-bond donors (Lipinski definition) is 1. The number of fused-ring (bicyclic) bond motifs is 1. The molecule has 0 unspecified atom stereocenters. The Morgan fingerprint density at radius 1 is 0.941 bits per heavy atom. The molecule has 2 aromatic carbocycles. The first-order chi connectivity index (χ1) is 8.33. The molecule has 1 aromatic heterocycles. The molecule has 0 atom stereocenters. The van der Waals surface area contributed by atoms with E-state index in [9.17, 15) is 0 Å². The fourth-order valence-electron chi connectivity index (χ4n) is 1.76. The lowest BCUT2D eigenvalue weighted by molar-refractivity contribution is 1.39. The van der Waals surface area contributed by atoms with Gasteiger partial charge in [0.15, 0.2) is 0 Å². The van der Waals surface area contributed by atoms with Crippen molar-refractivity contribution in [1.29, 1.82) is 0 Å². The van der Waals surface area contributed by atoms with Crippen molar-refractivity contribution in [1.82, 2.24) is 4.98 Å². The highest BCUT2D eigenvalue weighted by Gasteiger charge is 2.04. The third-order valence-electron chi connectivity index (χ3n) is 2.59. The Kier molecular flexibility index (Phi) is 3.11. The number of para-hydroxylation sites is 1. The minimum Gasteiger partial charge on any atom is -0.360 e. The summed E-state index contributed by atoms with van der Waals surface area (Å²) in [7, 11) is 0. The third kappa shape index (κ3) is 2.35. The molecule has 1 nitrogen and oxygen atoms in total. The molecule has 1 heterocycles. The summed E-state index contributed by atoms with van der Waals surface area (Å²) in [5.74, 6) is 0. The Morgan fingerprint density at radius 2 is 1.71 bits per heavy atom. The van der Waals surface area contributed by atoms with Crippen molar-refractivity contribution in [3.8, 4) is 0 Å². The summed E-state index contributed by atoms with van der Waals surface area (Å²) in [6, 6.07) is 17.0. The van der Waals surface area contributed by atoms with E-state index in [1.54, 1.807) is 11.8 Å². The van der Waals surface area contributed by atoms with E-state index >= 15 is 0 Å². The normalized spacial score (nSPS) is 10.9. The number of nitrogens with one attached hydrogen (secondary N) is 1. The van der Waals surface area contributed by atoms with Gasteiger partial charge < -0.3 is 4.98 Å². The number of benzene rings is 2. The molecule has 84 valence electrons. The van der Waals surface area contributed by atoms with E-state index in [0.717, 1.165) is 0 Å². The highest BCUT2D eigenvalue weighted by molar-refractivity contribution is 14.1. The van der Waals surface area contributed by atoms with Gasteiger partial charge in [-0.1, -0.05) is 30.0 Å². The fraction of sp³-hybridized carbons (Fsp3) is 0. The van der Waals surface area contributed by atoms with Crippen molar-refractivity contribution in [3.05, 3.63) is 58.3 Å². The molecule has 0 aliphatic carbocycles. The van der Waals surface area contributed by atoms with E-state index in [2.05, 4.69) is 82.3 Å². The summed E-state index contributed by atoms with van der Waals surface area (Å²) in [5.41, 5.74) is 1.19. The second-order valence-electron chi connectivity index (χ2n) is 3.75. The summed E-state index contributed by atoms with van der Waals surface area (Å²) < 4.78 is 1.27. The molecule has 3 heteroatoms. The number of rotatable bonds is 2. The van der Waals surface area contributed by atoms with Crippen LogP contribution in [0.4, 0.5) is 0 Å². The molecule has 0 amide bonds. The van der Waals surface area contributed by atoms with Gasteiger partial charge in [0.1, 0.15) is 0 Å². The van der Waals surface area contributed by atoms with Crippen molar-refractivity contribution in [2.75, 3.05) is 0 Å². The van der Waals surface area contributed by atoms with Crippen LogP contribution >= 0.6 is 34.4 Å². The maximum Gasteiger partial charge on any atom is 0.0465 e. The van der Waals surface area contributed by atoms with Gasteiger partial charge in [-0.2, -0.15) is 0 Å². The number of H-pyrrole nitrogens is 1. The Morgan fingerprint density at radius 3 is 2.53 bits per heavy atom. The highest BCUT2D eigenvalue weighted by atomic mass is 127. The molecule has 0 saturated carbocycles. The zero-order chi connectivity index (χ0) is 11.7. The monoisotopic (exact) mass is 351 g/mol. The standard InChI is InChI=1S/C14H10INS/c15-10-5-7-11(8-6-10)17-14-9-16-13-4-2-1-3-12(13)14/h1-9,16H. The van der Waals surface area contributed by atoms with Crippen LogP contribution in [0.2, 0.25) is 0 Å². The zero-order valence-corrected chi connectivity index (χ0v) is 12.0. The van der Waals surface area contributed by atoms with Crippen molar-refractivity contribution >= 4 is 45.3 Å². The topological polar surface area (TPSA) is 15.8 Å². The molecule has 0 saturated heterocycles. The molecule has 0 bridgehead atoms. The summed E-state index contributed by atoms with van der Waals surface area (Å²) >= 11 is 4.12. The first-order valence-electron chi connectivity index (χ1n) is 5.32. The summed E-state index contributed by atoms with van der Waals surface area (Å²) in [6.45, 7) is 0. The minimum atomic E-state index is 1.19. The van der Waals surface area contributed by atoms with Crippen LogP contribution in [0, 0.1) is 3.57 Å². The smallest absolute Gasteiger partial charge is 0.0465 e. The van der Waals surface area contributed by atoms with E-state index in [4.69, 9.17) is 0 Å². The van der Waals surface area contributed by atoms with Gasteiger partial charge in [0.05, 0.1) is 0 Å². The van der Waals surface area contributed by atoms with Crippen LogP contribution in [-0.4, -0.2) is 4.98 Å². The van der Waals surface area contributed by atoms with E-state index in [0.29, 0.717) is 0 Å². The van der Waals surface area contributed by atoms with Crippen molar-refractivity contribution < 1.29 is 0 Å². The molecule has 1 N–H and O–H groups in total. The number of hydrogen-bond acceptors (Lipinski definition) is 1. The van der Waals surface area contributed by atoms with Gasteiger partial charge in [0.2, 0.25) is 0 Å². The second kappa shape index (κ2) is 4.74. The van der Waals surface area contributed by atoms with Gasteiger partial charge >= 0.3 is 0 Å². The van der Waals surface area contributed by atoms with E-state index in [1.165, 1.54) is 24.3 Å². The lowest BCUT2D eigenvalue weighted by atomic mass is 10.2. The lowest BCUT2D eigenvalue weighted by Gasteiger charge is -2.00. The molecule has 0 fully saturated rings. The Labute approximate surface area is 118 Å². The Balaban J connectivity index is 1.97. The van der Waals surface area contributed by atoms with Gasteiger partial charge in [-0.25, -0.2) is 0 Å². The van der Waals surface area contributed by atoms with Gasteiger partial charge in [-0.3, -0.25) is 0 Å². The van der Waals surface area contributed by atoms with Gasteiger partial charge in [0, 0.05) is 30.5 Å². The third-order valence-corrected chi connectivity index (χ3v) is 4.38. The summed E-state index contributed by atoms with van der Waals surface area (Å²) in [6.07, 6.45) is 2.08. The molecule has 0 aliphatic heterocycles. The first-order valence-corrected chi connectivity index (χ1v) is 7.22. The summed E-state index contributed by atoms with van der Waals surface area (Å²) in [5, 5.41) is 1.29. The maximum atomic E-state index is 3.30. The highest BCUT2D eigenvalue weighted by Crippen LogP contribution is 2.33. The van der Waals surface area contributed by atoms with Crippen molar-refractivity contribution in [2.24, 2.45) is 0 Å². The zero-order valence-electron chi connectivity index (χ0n) is 8.98. The molecular weight excluding hydrogens is 341 g/mol. The van der Waals surface area contributed by atoms with Crippen molar-refractivity contribution in [3.63, 3.8) is 0 Å². The average Bonchev–Trinajstić information content (AvgIpc) is 2.76. The van der Waals surface area contributed by atoms with Crippen molar-refractivity contribution in [2.45, 2.75) is 9.79 Å². The van der Waals surface area contributed by atoms with Gasteiger partial charge in [-0.05, 0) is 52.9 Å². The van der Waals surface area contributed by atoms with Gasteiger partial charge in [0.25, 0.3) is 0 Å². The van der Waals surface area contributed by atoms with Crippen LogP contribution in [0.25, 0.3) is 10.9 Å². The van der Waals surface area contributed by atoms with E-state index in [1.807, 2.05) is 0 Å². The molecule has 0 spiro atoms. The number of halogens is 1. The van der Waals surface area contributed by atoms with Crippen LogP contribution in [0.5, 0.6) is 0 Å². The molecule has 0 radical (unpaired) electrons. The maximum absolute atomic E-state index is 3.30. The number of aromatic amines is 1.